The third-order valence-electron chi connectivity index (χ3n) is 4.01. The second kappa shape index (κ2) is 6.37. The zero-order valence-corrected chi connectivity index (χ0v) is 12.3. The van der Waals surface area contributed by atoms with E-state index in [4.69, 9.17) is 0 Å². The standard InChI is InChI=1S/C16H24N2O2/c1-18(2)14(13-8-4-3-5-9-13)15(19)17-12-16(20)10-6-7-11-16/h3-5,8-9,14,20H,6-7,10-12H2,1-2H3,(H,17,19). The van der Waals surface area contributed by atoms with Crippen molar-refractivity contribution in [3.05, 3.63) is 35.9 Å². The molecule has 1 aliphatic rings. The van der Waals surface area contributed by atoms with E-state index in [1.807, 2.05) is 49.3 Å². The minimum absolute atomic E-state index is 0.0541. The van der Waals surface area contributed by atoms with Gasteiger partial charge in [0.05, 0.1) is 5.60 Å². The zero-order chi connectivity index (χ0) is 14.6. The minimum atomic E-state index is -0.705. The van der Waals surface area contributed by atoms with Crippen LogP contribution >= 0.6 is 0 Å². The molecule has 0 saturated heterocycles. The third kappa shape index (κ3) is 3.58. The second-order valence-electron chi connectivity index (χ2n) is 5.93. The van der Waals surface area contributed by atoms with Gasteiger partial charge in [-0.1, -0.05) is 43.2 Å². The van der Waals surface area contributed by atoms with Gasteiger partial charge in [0.25, 0.3) is 0 Å². The fourth-order valence-corrected chi connectivity index (χ4v) is 2.88. The fraction of sp³-hybridized carbons (Fsp3) is 0.562. The summed E-state index contributed by atoms with van der Waals surface area (Å²) in [6, 6.07) is 9.40. The minimum Gasteiger partial charge on any atom is -0.388 e. The molecule has 4 nitrogen and oxygen atoms in total. The number of carbonyl (C=O) groups is 1. The molecule has 2 rings (SSSR count). The number of nitrogens with zero attached hydrogens (tertiary/aromatic N) is 1. The zero-order valence-electron chi connectivity index (χ0n) is 12.3. The summed E-state index contributed by atoms with van der Waals surface area (Å²) in [7, 11) is 3.78. The van der Waals surface area contributed by atoms with Gasteiger partial charge < -0.3 is 10.4 Å². The van der Waals surface area contributed by atoms with Gasteiger partial charge in [-0.05, 0) is 32.5 Å². The van der Waals surface area contributed by atoms with Crippen molar-refractivity contribution in [1.29, 1.82) is 0 Å². The third-order valence-corrected chi connectivity index (χ3v) is 4.01. The maximum atomic E-state index is 12.4. The lowest BCUT2D eigenvalue weighted by molar-refractivity contribution is -0.127. The van der Waals surface area contributed by atoms with Gasteiger partial charge in [0, 0.05) is 6.54 Å². The van der Waals surface area contributed by atoms with Crippen molar-refractivity contribution in [3.8, 4) is 0 Å². The van der Waals surface area contributed by atoms with Gasteiger partial charge in [0.15, 0.2) is 0 Å². The molecular formula is C16H24N2O2. The first-order valence-electron chi connectivity index (χ1n) is 7.23. The van der Waals surface area contributed by atoms with Crippen LogP contribution in [0.25, 0.3) is 0 Å². The molecule has 0 aliphatic heterocycles. The molecule has 1 aliphatic carbocycles. The molecule has 0 bridgehead atoms. The Bertz CT molecular complexity index is 439. The Balaban J connectivity index is 2.01. The molecule has 1 saturated carbocycles. The van der Waals surface area contributed by atoms with E-state index in [-0.39, 0.29) is 11.9 Å². The Hall–Kier alpha value is -1.39. The number of hydrogen-bond acceptors (Lipinski definition) is 3. The van der Waals surface area contributed by atoms with Crippen LogP contribution in [0.3, 0.4) is 0 Å². The molecule has 0 radical (unpaired) electrons. The van der Waals surface area contributed by atoms with Gasteiger partial charge in [0.2, 0.25) is 5.91 Å². The molecule has 1 fully saturated rings. The number of likely N-dealkylation sites (N-methyl/N-ethyl adjacent to an activating group) is 1. The van der Waals surface area contributed by atoms with Crippen molar-refractivity contribution in [3.63, 3.8) is 0 Å². The van der Waals surface area contributed by atoms with E-state index in [1.54, 1.807) is 0 Å². The highest BCUT2D eigenvalue weighted by Gasteiger charge is 2.32. The van der Waals surface area contributed by atoms with Crippen molar-refractivity contribution < 1.29 is 9.90 Å². The van der Waals surface area contributed by atoms with Crippen LogP contribution in [0.1, 0.15) is 37.3 Å². The Morgan fingerprint density at radius 2 is 1.90 bits per heavy atom. The Kier molecular flexibility index (Phi) is 4.78. The summed E-state index contributed by atoms with van der Waals surface area (Å²) in [4.78, 5) is 14.3. The van der Waals surface area contributed by atoms with E-state index in [1.165, 1.54) is 0 Å². The lowest BCUT2D eigenvalue weighted by Crippen LogP contribution is -2.45. The van der Waals surface area contributed by atoms with Crippen LogP contribution in [0.15, 0.2) is 30.3 Å². The molecular weight excluding hydrogens is 252 g/mol. The molecule has 1 unspecified atom stereocenters. The van der Waals surface area contributed by atoms with E-state index >= 15 is 0 Å². The van der Waals surface area contributed by atoms with Gasteiger partial charge in [0.1, 0.15) is 6.04 Å². The highest BCUT2D eigenvalue weighted by molar-refractivity contribution is 5.83. The van der Waals surface area contributed by atoms with E-state index in [2.05, 4.69) is 5.32 Å². The van der Waals surface area contributed by atoms with Gasteiger partial charge in [-0.15, -0.1) is 0 Å². The molecule has 110 valence electrons. The molecule has 1 aromatic carbocycles. The first kappa shape index (κ1) is 15.0. The molecule has 0 aromatic heterocycles. The van der Waals surface area contributed by atoms with E-state index in [9.17, 15) is 9.90 Å². The number of hydrogen-bond donors (Lipinski definition) is 2. The van der Waals surface area contributed by atoms with Crippen molar-refractivity contribution in [2.24, 2.45) is 0 Å². The summed E-state index contributed by atoms with van der Waals surface area (Å²) < 4.78 is 0. The first-order chi connectivity index (χ1) is 9.52. The average molecular weight is 276 g/mol. The first-order valence-corrected chi connectivity index (χ1v) is 7.23. The van der Waals surface area contributed by atoms with Crippen molar-refractivity contribution in [2.45, 2.75) is 37.3 Å². The number of nitrogens with one attached hydrogen (secondary N) is 1. The van der Waals surface area contributed by atoms with Crippen LogP contribution in [0.5, 0.6) is 0 Å². The molecule has 4 heteroatoms. The summed E-state index contributed by atoms with van der Waals surface area (Å²) in [5.41, 5.74) is 0.261. The van der Waals surface area contributed by atoms with Crippen molar-refractivity contribution in [1.82, 2.24) is 10.2 Å². The van der Waals surface area contributed by atoms with E-state index in [0.29, 0.717) is 6.54 Å². The van der Waals surface area contributed by atoms with Crippen LogP contribution in [0.2, 0.25) is 0 Å². The summed E-state index contributed by atoms with van der Waals surface area (Å²) in [5, 5.41) is 13.2. The molecule has 0 spiro atoms. The Morgan fingerprint density at radius 3 is 2.45 bits per heavy atom. The predicted molar refractivity (Wildman–Crippen MR) is 79.3 cm³/mol. The number of carbonyl (C=O) groups excluding carboxylic acids is 1. The lowest BCUT2D eigenvalue weighted by atomic mass is 10.0. The number of aliphatic hydroxyl groups is 1. The lowest BCUT2D eigenvalue weighted by Gasteiger charge is -2.27. The second-order valence-corrected chi connectivity index (χ2v) is 5.93. The van der Waals surface area contributed by atoms with Gasteiger partial charge in [-0.3, -0.25) is 9.69 Å². The SMILES string of the molecule is CN(C)C(C(=O)NCC1(O)CCCC1)c1ccccc1. The topological polar surface area (TPSA) is 52.6 Å². The van der Waals surface area contributed by atoms with Gasteiger partial charge >= 0.3 is 0 Å². The fourth-order valence-electron chi connectivity index (χ4n) is 2.88. The molecule has 1 aromatic rings. The van der Waals surface area contributed by atoms with Gasteiger partial charge in [-0.25, -0.2) is 0 Å². The van der Waals surface area contributed by atoms with E-state index in [0.717, 1.165) is 31.2 Å². The van der Waals surface area contributed by atoms with Crippen LogP contribution < -0.4 is 5.32 Å². The summed E-state index contributed by atoms with van der Waals surface area (Å²) in [5.74, 6) is -0.0541. The van der Waals surface area contributed by atoms with Crippen molar-refractivity contribution in [2.75, 3.05) is 20.6 Å². The molecule has 2 N–H and O–H groups in total. The van der Waals surface area contributed by atoms with E-state index < -0.39 is 5.60 Å². The number of rotatable bonds is 5. The summed E-state index contributed by atoms with van der Waals surface area (Å²) >= 11 is 0. The quantitative estimate of drug-likeness (QED) is 0.861. The van der Waals surface area contributed by atoms with Crippen LogP contribution in [-0.4, -0.2) is 42.2 Å². The van der Waals surface area contributed by atoms with Crippen LogP contribution in [0, 0.1) is 0 Å². The predicted octanol–water partition coefficient (Wildman–Crippen LogP) is 1.71. The normalized spacial score (nSPS) is 19.0. The number of benzene rings is 1. The Labute approximate surface area is 120 Å². The Morgan fingerprint density at radius 1 is 1.30 bits per heavy atom. The van der Waals surface area contributed by atoms with Gasteiger partial charge in [-0.2, -0.15) is 0 Å². The molecule has 0 heterocycles. The average Bonchev–Trinajstić information content (AvgIpc) is 2.85. The maximum absolute atomic E-state index is 12.4. The number of amides is 1. The van der Waals surface area contributed by atoms with Crippen LogP contribution in [0.4, 0.5) is 0 Å². The summed E-state index contributed by atoms with van der Waals surface area (Å²) in [6.07, 6.45) is 3.65. The highest BCUT2D eigenvalue weighted by atomic mass is 16.3. The largest absolute Gasteiger partial charge is 0.388 e. The molecule has 20 heavy (non-hydrogen) atoms. The highest BCUT2D eigenvalue weighted by Crippen LogP contribution is 2.29. The monoisotopic (exact) mass is 276 g/mol. The molecule has 1 atom stereocenters. The van der Waals surface area contributed by atoms with Crippen molar-refractivity contribution >= 4 is 5.91 Å². The smallest absolute Gasteiger partial charge is 0.242 e. The van der Waals surface area contributed by atoms with Crippen LogP contribution in [-0.2, 0) is 4.79 Å². The maximum Gasteiger partial charge on any atom is 0.242 e. The summed E-state index contributed by atoms with van der Waals surface area (Å²) in [6.45, 7) is 0.350. The molecule has 1 amide bonds.